The molecular formula is C34H42ClN3O4S. The lowest BCUT2D eigenvalue weighted by Crippen LogP contribution is -2.54. The van der Waals surface area contributed by atoms with Gasteiger partial charge in [-0.1, -0.05) is 94.1 Å². The van der Waals surface area contributed by atoms with E-state index in [-0.39, 0.29) is 29.3 Å². The number of benzene rings is 3. The molecule has 1 aliphatic carbocycles. The summed E-state index contributed by atoms with van der Waals surface area (Å²) in [5.74, 6) is -0.416. The van der Waals surface area contributed by atoms with E-state index in [1.807, 2.05) is 31.2 Å². The molecule has 0 heterocycles. The Bertz CT molecular complexity index is 1460. The van der Waals surface area contributed by atoms with E-state index in [2.05, 4.69) is 19.2 Å². The number of carbonyl (C=O) groups is 2. The van der Waals surface area contributed by atoms with Crippen LogP contribution in [-0.2, 0) is 26.2 Å². The van der Waals surface area contributed by atoms with Crippen molar-refractivity contribution in [2.75, 3.05) is 10.8 Å². The van der Waals surface area contributed by atoms with Crippen LogP contribution in [0, 0.1) is 0 Å². The Labute approximate surface area is 261 Å². The van der Waals surface area contributed by atoms with E-state index in [1.54, 1.807) is 42.5 Å². The molecule has 1 fully saturated rings. The summed E-state index contributed by atoms with van der Waals surface area (Å²) in [4.78, 5) is 29.5. The minimum Gasteiger partial charge on any atom is -0.352 e. The Morgan fingerprint density at radius 1 is 0.907 bits per heavy atom. The number of rotatable bonds is 12. The van der Waals surface area contributed by atoms with E-state index < -0.39 is 28.5 Å². The Morgan fingerprint density at radius 3 is 2.12 bits per heavy atom. The summed E-state index contributed by atoms with van der Waals surface area (Å²) in [5.41, 5.74) is 2.23. The van der Waals surface area contributed by atoms with Crippen molar-refractivity contribution >= 4 is 39.1 Å². The number of sulfonamides is 1. The predicted molar refractivity (Wildman–Crippen MR) is 173 cm³/mol. The summed E-state index contributed by atoms with van der Waals surface area (Å²) in [5, 5.41) is 3.74. The van der Waals surface area contributed by atoms with Crippen molar-refractivity contribution in [2.45, 2.75) is 88.7 Å². The summed E-state index contributed by atoms with van der Waals surface area (Å²) >= 11 is 6.12. The minimum atomic E-state index is -4.10. The van der Waals surface area contributed by atoms with Gasteiger partial charge >= 0.3 is 0 Å². The zero-order chi connectivity index (χ0) is 31.0. The van der Waals surface area contributed by atoms with E-state index in [0.717, 1.165) is 47.5 Å². The van der Waals surface area contributed by atoms with Gasteiger partial charge in [-0.3, -0.25) is 13.9 Å². The lowest BCUT2D eigenvalue weighted by atomic mass is 9.95. The van der Waals surface area contributed by atoms with Crippen molar-refractivity contribution < 1.29 is 18.0 Å². The fraction of sp³-hybridized carbons (Fsp3) is 0.412. The third kappa shape index (κ3) is 8.39. The highest BCUT2D eigenvalue weighted by Gasteiger charge is 2.34. The topological polar surface area (TPSA) is 86.8 Å². The van der Waals surface area contributed by atoms with Crippen LogP contribution in [0.1, 0.15) is 76.3 Å². The summed E-state index contributed by atoms with van der Waals surface area (Å²) in [7, 11) is -4.10. The Kier molecular flexibility index (Phi) is 11.3. The van der Waals surface area contributed by atoms with Crippen LogP contribution in [-0.4, -0.2) is 43.8 Å². The second-order valence-corrected chi connectivity index (χ2v) is 13.8. The standard InChI is InChI=1S/C34H42ClN3O4S/c1-4-32(34(40)36-29-11-7-5-8-12-29)37(23-26-15-19-28(35)20-16-26)33(39)24-38(30-21-17-27(18-22-30)25(2)3)43(41,42)31-13-9-6-10-14-31/h6,9-10,13-22,25,29,32H,4-5,7-8,11-12,23-24H2,1-3H3,(H,36,40)/t32-/m0/s1. The van der Waals surface area contributed by atoms with Crippen LogP contribution < -0.4 is 9.62 Å². The second-order valence-electron chi connectivity index (χ2n) is 11.5. The number of hydrogen-bond acceptors (Lipinski definition) is 4. The highest BCUT2D eigenvalue weighted by atomic mass is 35.5. The van der Waals surface area contributed by atoms with E-state index in [4.69, 9.17) is 11.6 Å². The highest BCUT2D eigenvalue weighted by molar-refractivity contribution is 7.92. The van der Waals surface area contributed by atoms with Crippen molar-refractivity contribution in [1.29, 1.82) is 0 Å². The number of hydrogen-bond donors (Lipinski definition) is 1. The molecule has 0 saturated heterocycles. The minimum absolute atomic E-state index is 0.0808. The third-order valence-electron chi connectivity index (χ3n) is 8.06. The lowest BCUT2D eigenvalue weighted by Gasteiger charge is -2.34. The van der Waals surface area contributed by atoms with Crippen LogP contribution in [0.15, 0.2) is 83.8 Å². The smallest absolute Gasteiger partial charge is 0.264 e. The van der Waals surface area contributed by atoms with Gasteiger partial charge in [-0.2, -0.15) is 0 Å². The van der Waals surface area contributed by atoms with E-state index in [1.165, 1.54) is 17.0 Å². The van der Waals surface area contributed by atoms with Crippen LogP contribution in [0.25, 0.3) is 0 Å². The number of anilines is 1. The Morgan fingerprint density at radius 2 is 1.53 bits per heavy atom. The van der Waals surface area contributed by atoms with Crippen molar-refractivity contribution in [3.05, 3.63) is 95.0 Å². The largest absolute Gasteiger partial charge is 0.352 e. The molecule has 1 aliphatic rings. The molecule has 7 nitrogen and oxygen atoms in total. The first-order valence-corrected chi connectivity index (χ1v) is 16.9. The second kappa shape index (κ2) is 14.9. The maximum absolute atomic E-state index is 14.3. The Balaban J connectivity index is 1.70. The first-order chi connectivity index (χ1) is 20.6. The molecule has 230 valence electrons. The molecule has 1 atom stereocenters. The molecule has 3 aromatic carbocycles. The third-order valence-corrected chi connectivity index (χ3v) is 10.1. The van der Waals surface area contributed by atoms with Gasteiger partial charge in [0, 0.05) is 17.6 Å². The summed E-state index contributed by atoms with van der Waals surface area (Å²) in [6.07, 6.45) is 5.51. The van der Waals surface area contributed by atoms with Crippen LogP contribution in [0.5, 0.6) is 0 Å². The van der Waals surface area contributed by atoms with Gasteiger partial charge in [0.2, 0.25) is 11.8 Å². The maximum Gasteiger partial charge on any atom is 0.264 e. The fourth-order valence-corrected chi connectivity index (χ4v) is 7.09. The normalized spacial score (nSPS) is 14.7. The van der Waals surface area contributed by atoms with Gasteiger partial charge < -0.3 is 10.2 Å². The maximum atomic E-state index is 14.3. The molecule has 0 aliphatic heterocycles. The van der Waals surface area contributed by atoms with Gasteiger partial charge in [0.25, 0.3) is 10.0 Å². The molecule has 4 rings (SSSR count). The molecule has 0 radical (unpaired) electrons. The van der Waals surface area contributed by atoms with Gasteiger partial charge in [0.05, 0.1) is 10.6 Å². The zero-order valence-electron chi connectivity index (χ0n) is 25.2. The van der Waals surface area contributed by atoms with Gasteiger partial charge in [-0.05, 0) is 72.7 Å². The predicted octanol–water partition coefficient (Wildman–Crippen LogP) is 6.92. The number of nitrogens with zero attached hydrogens (tertiary/aromatic N) is 2. The van der Waals surface area contributed by atoms with Crippen molar-refractivity contribution in [3.8, 4) is 0 Å². The summed E-state index contributed by atoms with van der Waals surface area (Å²) in [6.45, 7) is 5.68. The molecule has 0 bridgehead atoms. The van der Waals surface area contributed by atoms with Gasteiger partial charge in [-0.25, -0.2) is 8.42 Å². The number of nitrogens with one attached hydrogen (secondary N) is 1. The molecule has 1 saturated carbocycles. The number of halogens is 1. The molecule has 0 aromatic heterocycles. The van der Waals surface area contributed by atoms with E-state index in [9.17, 15) is 18.0 Å². The molecule has 0 unspecified atom stereocenters. The number of carbonyl (C=O) groups excluding carboxylic acids is 2. The average molecular weight is 624 g/mol. The van der Waals surface area contributed by atoms with Crippen molar-refractivity contribution in [3.63, 3.8) is 0 Å². The molecule has 9 heteroatoms. The molecule has 43 heavy (non-hydrogen) atoms. The summed E-state index contributed by atoms with van der Waals surface area (Å²) < 4.78 is 29.2. The molecule has 0 spiro atoms. The molecule has 2 amide bonds. The first kappa shape index (κ1) is 32.6. The van der Waals surface area contributed by atoms with Crippen molar-refractivity contribution in [2.24, 2.45) is 0 Å². The van der Waals surface area contributed by atoms with E-state index in [0.29, 0.717) is 17.1 Å². The quantitative estimate of drug-likeness (QED) is 0.237. The molecular weight excluding hydrogens is 582 g/mol. The van der Waals surface area contributed by atoms with E-state index >= 15 is 0 Å². The fourth-order valence-electron chi connectivity index (χ4n) is 5.52. The van der Waals surface area contributed by atoms with Crippen LogP contribution in [0.2, 0.25) is 5.02 Å². The van der Waals surface area contributed by atoms with Crippen LogP contribution in [0.3, 0.4) is 0 Å². The van der Waals surface area contributed by atoms with Crippen molar-refractivity contribution in [1.82, 2.24) is 10.2 Å². The zero-order valence-corrected chi connectivity index (χ0v) is 26.8. The number of amides is 2. The van der Waals surface area contributed by atoms with Gasteiger partial charge in [-0.15, -0.1) is 0 Å². The molecule has 1 N–H and O–H groups in total. The lowest BCUT2D eigenvalue weighted by molar-refractivity contribution is -0.140. The first-order valence-electron chi connectivity index (χ1n) is 15.1. The van der Waals surface area contributed by atoms with Crippen LogP contribution in [0.4, 0.5) is 5.69 Å². The highest BCUT2D eigenvalue weighted by Crippen LogP contribution is 2.27. The van der Waals surface area contributed by atoms with Gasteiger partial charge in [0.15, 0.2) is 0 Å². The molecule has 3 aromatic rings. The monoisotopic (exact) mass is 623 g/mol. The average Bonchev–Trinajstić information content (AvgIpc) is 3.01. The Hall–Kier alpha value is -3.36. The SMILES string of the molecule is CC[C@@H](C(=O)NC1CCCCC1)N(Cc1ccc(Cl)cc1)C(=O)CN(c1ccc(C(C)C)cc1)S(=O)(=O)c1ccccc1. The summed E-state index contributed by atoms with van der Waals surface area (Å²) in [6, 6.07) is 21.8. The van der Waals surface area contributed by atoms with Crippen LogP contribution >= 0.6 is 11.6 Å². The van der Waals surface area contributed by atoms with Gasteiger partial charge in [0.1, 0.15) is 12.6 Å².